The summed E-state index contributed by atoms with van der Waals surface area (Å²) in [5, 5.41) is 12.5. The Morgan fingerprint density at radius 3 is 2.45 bits per heavy atom. The van der Waals surface area contributed by atoms with Gasteiger partial charge in [0.1, 0.15) is 11.0 Å². The molecule has 1 unspecified atom stereocenters. The fourth-order valence-electron chi connectivity index (χ4n) is 3.37. The average molecular weight is 437 g/mol. The second-order valence-corrected chi connectivity index (χ2v) is 9.30. The number of amides is 1. The molecule has 0 aliphatic heterocycles. The highest BCUT2D eigenvalue weighted by atomic mass is 32.2. The van der Waals surface area contributed by atoms with E-state index in [1.807, 2.05) is 54.6 Å². The molecule has 1 aliphatic rings. The molecule has 0 spiro atoms. The van der Waals surface area contributed by atoms with Crippen molar-refractivity contribution in [2.45, 2.75) is 49.7 Å². The van der Waals surface area contributed by atoms with Crippen molar-refractivity contribution in [2.24, 2.45) is 5.92 Å². The number of nitrogens with zero attached hydrogens (tertiary/aromatic N) is 3. The molecule has 3 aromatic rings. The molecule has 1 heterocycles. The van der Waals surface area contributed by atoms with Crippen LogP contribution in [0.3, 0.4) is 0 Å². The van der Waals surface area contributed by atoms with E-state index >= 15 is 0 Å². The van der Waals surface area contributed by atoms with E-state index in [0.717, 1.165) is 47.2 Å². The molecular weight excluding hydrogens is 408 g/mol. The van der Waals surface area contributed by atoms with E-state index in [1.165, 1.54) is 11.8 Å². The molecule has 6 nitrogen and oxygen atoms in total. The monoisotopic (exact) mass is 436 g/mol. The first-order valence-electron chi connectivity index (χ1n) is 10.6. The van der Waals surface area contributed by atoms with Gasteiger partial charge in [-0.05, 0) is 48.6 Å². The molecular formula is C24H28N4O2S. The Kier molecular flexibility index (Phi) is 6.61. The summed E-state index contributed by atoms with van der Waals surface area (Å²) in [7, 11) is 1.65. The van der Waals surface area contributed by atoms with E-state index in [2.05, 4.69) is 33.9 Å². The lowest BCUT2D eigenvalue weighted by Gasteiger charge is -2.18. The summed E-state index contributed by atoms with van der Waals surface area (Å²) in [6, 6.07) is 18.0. The molecule has 1 fully saturated rings. The van der Waals surface area contributed by atoms with Gasteiger partial charge < -0.3 is 14.6 Å². The molecule has 1 saturated carbocycles. The largest absolute Gasteiger partial charge is 0.497 e. The Bertz CT molecular complexity index is 1010. The number of ether oxygens (including phenoxy) is 1. The number of aromatic nitrogens is 3. The Hall–Kier alpha value is -2.80. The third kappa shape index (κ3) is 5.28. The van der Waals surface area contributed by atoms with Crippen LogP contribution < -0.4 is 10.1 Å². The summed E-state index contributed by atoms with van der Waals surface area (Å²) in [5.74, 6) is 2.04. The van der Waals surface area contributed by atoms with Crippen molar-refractivity contribution in [1.29, 1.82) is 0 Å². The topological polar surface area (TPSA) is 69.0 Å². The van der Waals surface area contributed by atoms with Crippen LogP contribution >= 0.6 is 11.8 Å². The molecule has 7 heteroatoms. The fraction of sp³-hybridized carbons (Fsp3) is 0.375. The van der Waals surface area contributed by atoms with Crippen molar-refractivity contribution in [3.8, 4) is 17.1 Å². The van der Waals surface area contributed by atoms with Gasteiger partial charge in [-0.2, -0.15) is 0 Å². The quantitative estimate of drug-likeness (QED) is 0.492. The van der Waals surface area contributed by atoms with Crippen molar-refractivity contribution in [1.82, 2.24) is 20.1 Å². The van der Waals surface area contributed by atoms with Crippen molar-refractivity contribution >= 4 is 17.7 Å². The van der Waals surface area contributed by atoms with Crippen LogP contribution in [0.2, 0.25) is 0 Å². The van der Waals surface area contributed by atoms with Crippen LogP contribution in [0.4, 0.5) is 0 Å². The Labute approximate surface area is 187 Å². The second-order valence-electron chi connectivity index (χ2n) is 8.23. The van der Waals surface area contributed by atoms with E-state index in [0.29, 0.717) is 12.0 Å². The summed E-state index contributed by atoms with van der Waals surface area (Å²) >= 11 is 1.46. The van der Waals surface area contributed by atoms with Crippen LogP contribution in [0.5, 0.6) is 5.75 Å². The summed E-state index contributed by atoms with van der Waals surface area (Å²) in [5.41, 5.74) is 1.94. The first-order valence-corrected chi connectivity index (χ1v) is 11.5. The van der Waals surface area contributed by atoms with Gasteiger partial charge in [0.25, 0.3) is 0 Å². The number of nitrogens with one attached hydrogen (secondary N) is 1. The normalized spacial score (nSPS) is 14.5. The zero-order valence-corrected chi connectivity index (χ0v) is 18.9. The van der Waals surface area contributed by atoms with Gasteiger partial charge in [0.2, 0.25) is 5.91 Å². The number of hydrogen-bond acceptors (Lipinski definition) is 5. The second kappa shape index (κ2) is 9.56. The minimum atomic E-state index is -0.374. The van der Waals surface area contributed by atoms with Crippen LogP contribution in [0.15, 0.2) is 59.8 Å². The number of methoxy groups -OCH3 is 1. The Morgan fingerprint density at radius 2 is 1.84 bits per heavy atom. The summed E-state index contributed by atoms with van der Waals surface area (Å²) in [6.45, 7) is 5.10. The van der Waals surface area contributed by atoms with Crippen molar-refractivity contribution in [3.05, 3.63) is 60.2 Å². The third-order valence-corrected chi connectivity index (χ3v) is 6.34. The van der Waals surface area contributed by atoms with Crippen LogP contribution in [0.25, 0.3) is 11.4 Å². The minimum absolute atomic E-state index is 0.0313. The Morgan fingerprint density at radius 1 is 1.13 bits per heavy atom. The number of carbonyl (C=O) groups is 1. The SMILES string of the molecule is COc1ccc(-c2nnc(SC(C(=O)NC3CC3)c3ccccc3)n2CC(C)C)cc1. The Balaban J connectivity index is 1.67. The first-order chi connectivity index (χ1) is 15.0. The van der Waals surface area contributed by atoms with Crippen LogP contribution in [-0.4, -0.2) is 33.8 Å². The maximum absolute atomic E-state index is 13.1. The summed E-state index contributed by atoms with van der Waals surface area (Å²) in [4.78, 5) is 13.1. The van der Waals surface area contributed by atoms with Gasteiger partial charge in [0.15, 0.2) is 11.0 Å². The highest BCUT2D eigenvalue weighted by molar-refractivity contribution is 8.00. The zero-order valence-electron chi connectivity index (χ0n) is 18.1. The molecule has 1 amide bonds. The maximum atomic E-state index is 13.1. The van der Waals surface area contributed by atoms with Gasteiger partial charge in [0, 0.05) is 18.2 Å². The summed E-state index contributed by atoms with van der Waals surface area (Å²) < 4.78 is 7.40. The molecule has 1 N–H and O–H groups in total. The van der Waals surface area contributed by atoms with Crippen LogP contribution in [-0.2, 0) is 11.3 Å². The van der Waals surface area contributed by atoms with E-state index < -0.39 is 0 Å². The molecule has 0 saturated heterocycles. The van der Waals surface area contributed by atoms with Gasteiger partial charge in [-0.3, -0.25) is 4.79 Å². The van der Waals surface area contributed by atoms with Crippen LogP contribution in [0.1, 0.15) is 37.5 Å². The standard InChI is InChI=1S/C24H28N4O2S/c1-16(2)15-28-22(18-9-13-20(30-3)14-10-18)26-27-24(28)31-21(17-7-5-4-6-8-17)23(29)25-19-11-12-19/h4-10,13-14,16,19,21H,11-12,15H2,1-3H3,(H,25,29). The molecule has 0 bridgehead atoms. The zero-order chi connectivity index (χ0) is 21.8. The average Bonchev–Trinajstić information content (AvgIpc) is 3.51. The number of thioether (sulfide) groups is 1. The maximum Gasteiger partial charge on any atom is 0.238 e. The van der Waals surface area contributed by atoms with Crippen LogP contribution in [0, 0.1) is 5.92 Å². The number of benzene rings is 2. The van der Waals surface area contributed by atoms with Crippen molar-refractivity contribution < 1.29 is 9.53 Å². The number of rotatable bonds is 9. The predicted octanol–water partition coefficient (Wildman–Crippen LogP) is 4.72. The van der Waals surface area contributed by atoms with Gasteiger partial charge in [-0.1, -0.05) is 55.9 Å². The predicted molar refractivity (Wildman–Crippen MR) is 123 cm³/mol. The lowest BCUT2D eigenvalue weighted by atomic mass is 10.1. The van der Waals surface area contributed by atoms with E-state index in [4.69, 9.17) is 4.74 Å². The number of hydrogen-bond donors (Lipinski definition) is 1. The molecule has 1 atom stereocenters. The molecule has 0 radical (unpaired) electrons. The highest BCUT2D eigenvalue weighted by Crippen LogP contribution is 2.37. The molecule has 4 rings (SSSR count). The van der Waals surface area contributed by atoms with Gasteiger partial charge in [0.05, 0.1) is 7.11 Å². The van der Waals surface area contributed by atoms with Crippen molar-refractivity contribution in [2.75, 3.05) is 7.11 Å². The molecule has 1 aromatic heterocycles. The van der Waals surface area contributed by atoms with Gasteiger partial charge in [-0.25, -0.2) is 0 Å². The van der Waals surface area contributed by atoms with E-state index in [9.17, 15) is 4.79 Å². The highest BCUT2D eigenvalue weighted by Gasteiger charge is 2.30. The van der Waals surface area contributed by atoms with E-state index in [1.54, 1.807) is 7.11 Å². The van der Waals surface area contributed by atoms with Gasteiger partial charge in [-0.15, -0.1) is 10.2 Å². The number of carbonyl (C=O) groups excluding carboxylic acids is 1. The lowest BCUT2D eigenvalue weighted by Crippen LogP contribution is -2.30. The molecule has 1 aliphatic carbocycles. The van der Waals surface area contributed by atoms with E-state index in [-0.39, 0.29) is 11.2 Å². The van der Waals surface area contributed by atoms with Crippen molar-refractivity contribution in [3.63, 3.8) is 0 Å². The summed E-state index contributed by atoms with van der Waals surface area (Å²) in [6.07, 6.45) is 2.12. The fourth-order valence-corrected chi connectivity index (χ4v) is 4.43. The molecule has 31 heavy (non-hydrogen) atoms. The smallest absolute Gasteiger partial charge is 0.238 e. The lowest BCUT2D eigenvalue weighted by molar-refractivity contribution is -0.120. The molecule has 162 valence electrons. The first kappa shape index (κ1) is 21.4. The molecule has 2 aromatic carbocycles. The van der Waals surface area contributed by atoms with Gasteiger partial charge >= 0.3 is 0 Å². The third-order valence-electron chi connectivity index (χ3n) is 5.10. The minimum Gasteiger partial charge on any atom is -0.497 e.